The highest BCUT2D eigenvalue weighted by atomic mass is 15.3. The van der Waals surface area contributed by atoms with Crippen LogP contribution in [0, 0.1) is 0 Å². The largest absolute Gasteiger partial charge is 0.329 e. The van der Waals surface area contributed by atoms with Gasteiger partial charge < -0.3 is 10.6 Å². The lowest BCUT2D eigenvalue weighted by atomic mass is 9.90. The Morgan fingerprint density at radius 2 is 2.00 bits per heavy atom. The SMILES string of the molecule is CCCCCC(C)(CN)N1CCN(C)CC1C. The zero-order valence-electron chi connectivity index (χ0n) is 12.2. The van der Waals surface area contributed by atoms with E-state index in [1.54, 1.807) is 0 Å². The fourth-order valence-electron chi connectivity index (χ4n) is 3.06. The standard InChI is InChI=1S/C14H31N3/c1-5-6-7-8-14(3,12-15)17-10-9-16(4)11-13(17)2/h13H,5-12,15H2,1-4H3. The quantitative estimate of drug-likeness (QED) is 0.721. The molecule has 1 saturated heterocycles. The van der Waals surface area contributed by atoms with Gasteiger partial charge in [0.05, 0.1) is 0 Å². The van der Waals surface area contributed by atoms with Crippen LogP contribution in [-0.2, 0) is 0 Å². The van der Waals surface area contributed by atoms with Gasteiger partial charge in [0.2, 0.25) is 0 Å². The summed E-state index contributed by atoms with van der Waals surface area (Å²) in [6, 6.07) is 0.629. The van der Waals surface area contributed by atoms with Crippen LogP contribution in [0.1, 0.15) is 46.5 Å². The molecule has 0 saturated carbocycles. The summed E-state index contributed by atoms with van der Waals surface area (Å²) in [5.41, 5.74) is 6.27. The number of unbranched alkanes of at least 4 members (excludes halogenated alkanes) is 2. The van der Waals surface area contributed by atoms with Crippen LogP contribution in [0.25, 0.3) is 0 Å². The highest BCUT2D eigenvalue weighted by molar-refractivity contribution is 4.93. The zero-order chi connectivity index (χ0) is 12.9. The molecule has 1 aliphatic rings. The summed E-state index contributed by atoms with van der Waals surface area (Å²) >= 11 is 0. The molecule has 3 heteroatoms. The Labute approximate surface area is 107 Å². The van der Waals surface area contributed by atoms with E-state index in [0.29, 0.717) is 6.04 Å². The minimum absolute atomic E-state index is 0.204. The maximum atomic E-state index is 6.06. The number of nitrogens with two attached hydrogens (primary N) is 1. The number of piperazine rings is 1. The van der Waals surface area contributed by atoms with Crippen molar-refractivity contribution in [3.8, 4) is 0 Å². The third kappa shape index (κ3) is 3.94. The molecule has 1 heterocycles. The second-order valence-electron chi connectivity index (χ2n) is 5.96. The Balaban J connectivity index is 2.58. The van der Waals surface area contributed by atoms with Crippen molar-refractivity contribution >= 4 is 0 Å². The van der Waals surface area contributed by atoms with Gasteiger partial charge in [0.15, 0.2) is 0 Å². The molecule has 102 valence electrons. The minimum Gasteiger partial charge on any atom is -0.329 e. The molecule has 2 atom stereocenters. The molecule has 0 aliphatic carbocycles. The summed E-state index contributed by atoms with van der Waals surface area (Å²) in [6.07, 6.45) is 5.17. The number of hydrogen-bond acceptors (Lipinski definition) is 3. The number of likely N-dealkylation sites (N-methyl/N-ethyl adjacent to an activating group) is 1. The van der Waals surface area contributed by atoms with E-state index in [4.69, 9.17) is 5.73 Å². The molecule has 3 nitrogen and oxygen atoms in total. The second-order valence-corrected chi connectivity index (χ2v) is 5.96. The van der Waals surface area contributed by atoms with Crippen molar-refractivity contribution in [3.05, 3.63) is 0 Å². The third-order valence-electron chi connectivity index (χ3n) is 4.28. The molecule has 0 spiro atoms. The topological polar surface area (TPSA) is 32.5 Å². The number of nitrogens with zero attached hydrogens (tertiary/aromatic N) is 2. The van der Waals surface area contributed by atoms with Crippen molar-refractivity contribution < 1.29 is 0 Å². The first-order chi connectivity index (χ1) is 8.03. The van der Waals surface area contributed by atoms with Gasteiger partial charge in [-0.1, -0.05) is 26.2 Å². The van der Waals surface area contributed by atoms with Crippen LogP contribution >= 0.6 is 0 Å². The van der Waals surface area contributed by atoms with Crippen LogP contribution in [0.5, 0.6) is 0 Å². The van der Waals surface area contributed by atoms with Gasteiger partial charge in [0.1, 0.15) is 0 Å². The summed E-state index contributed by atoms with van der Waals surface area (Å²) in [4.78, 5) is 5.06. The van der Waals surface area contributed by atoms with Crippen LogP contribution in [-0.4, -0.2) is 54.6 Å². The molecular formula is C14H31N3. The molecule has 2 unspecified atom stereocenters. The predicted molar refractivity (Wildman–Crippen MR) is 75.3 cm³/mol. The maximum absolute atomic E-state index is 6.06. The van der Waals surface area contributed by atoms with Crippen molar-refractivity contribution in [2.45, 2.75) is 58.0 Å². The lowest BCUT2D eigenvalue weighted by Gasteiger charge is -2.49. The van der Waals surface area contributed by atoms with E-state index >= 15 is 0 Å². The maximum Gasteiger partial charge on any atom is 0.0307 e. The van der Waals surface area contributed by atoms with Gasteiger partial charge in [-0.2, -0.15) is 0 Å². The Hall–Kier alpha value is -0.120. The van der Waals surface area contributed by atoms with E-state index in [1.807, 2.05) is 0 Å². The Morgan fingerprint density at radius 3 is 2.53 bits per heavy atom. The average molecular weight is 241 g/mol. The van der Waals surface area contributed by atoms with Crippen LogP contribution in [0.2, 0.25) is 0 Å². The van der Waals surface area contributed by atoms with Gasteiger partial charge in [0, 0.05) is 37.8 Å². The summed E-state index contributed by atoms with van der Waals surface area (Å²) in [5, 5.41) is 0. The third-order valence-corrected chi connectivity index (χ3v) is 4.28. The monoisotopic (exact) mass is 241 g/mol. The van der Waals surface area contributed by atoms with E-state index in [0.717, 1.165) is 13.1 Å². The summed E-state index contributed by atoms with van der Waals surface area (Å²) in [5.74, 6) is 0. The molecule has 0 radical (unpaired) electrons. The minimum atomic E-state index is 0.204. The van der Waals surface area contributed by atoms with E-state index in [-0.39, 0.29) is 5.54 Å². The van der Waals surface area contributed by atoms with Crippen LogP contribution in [0.15, 0.2) is 0 Å². The van der Waals surface area contributed by atoms with Gasteiger partial charge >= 0.3 is 0 Å². The lowest BCUT2D eigenvalue weighted by Crippen LogP contribution is -2.62. The van der Waals surface area contributed by atoms with E-state index < -0.39 is 0 Å². The van der Waals surface area contributed by atoms with Crippen LogP contribution in [0.3, 0.4) is 0 Å². The van der Waals surface area contributed by atoms with Crippen molar-refractivity contribution in [1.82, 2.24) is 9.80 Å². The fraction of sp³-hybridized carbons (Fsp3) is 1.00. The smallest absolute Gasteiger partial charge is 0.0307 e. The molecule has 0 aromatic carbocycles. The van der Waals surface area contributed by atoms with Gasteiger partial charge in [-0.3, -0.25) is 4.90 Å². The van der Waals surface area contributed by atoms with Gasteiger partial charge in [0.25, 0.3) is 0 Å². The molecule has 0 aromatic heterocycles. The fourth-order valence-corrected chi connectivity index (χ4v) is 3.06. The first kappa shape index (κ1) is 14.9. The highest BCUT2D eigenvalue weighted by Crippen LogP contribution is 2.26. The summed E-state index contributed by atoms with van der Waals surface area (Å²) in [7, 11) is 2.21. The van der Waals surface area contributed by atoms with E-state index in [2.05, 4.69) is 37.6 Å². The molecular weight excluding hydrogens is 210 g/mol. The molecule has 0 amide bonds. The lowest BCUT2D eigenvalue weighted by molar-refractivity contribution is 0.00693. The molecule has 1 rings (SSSR count). The molecule has 17 heavy (non-hydrogen) atoms. The zero-order valence-corrected chi connectivity index (χ0v) is 12.2. The van der Waals surface area contributed by atoms with Crippen molar-refractivity contribution in [3.63, 3.8) is 0 Å². The second kappa shape index (κ2) is 6.72. The molecule has 0 bridgehead atoms. The molecule has 2 N–H and O–H groups in total. The predicted octanol–water partition coefficient (Wildman–Crippen LogP) is 1.92. The van der Waals surface area contributed by atoms with E-state index in [1.165, 1.54) is 38.8 Å². The van der Waals surface area contributed by atoms with Crippen LogP contribution in [0.4, 0.5) is 0 Å². The highest BCUT2D eigenvalue weighted by Gasteiger charge is 2.35. The molecule has 0 aromatic rings. The van der Waals surface area contributed by atoms with Gasteiger partial charge in [-0.05, 0) is 27.3 Å². The Morgan fingerprint density at radius 1 is 1.29 bits per heavy atom. The van der Waals surface area contributed by atoms with Gasteiger partial charge in [-0.25, -0.2) is 0 Å². The van der Waals surface area contributed by atoms with Crippen molar-refractivity contribution in [2.24, 2.45) is 5.73 Å². The average Bonchev–Trinajstić information content (AvgIpc) is 2.29. The number of rotatable bonds is 6. The van der Waals surface area contributed by atoms with Crippen molar-refractivity contribution in [2.75, 3.05) is 33.2 Å². The van der Waals surface area contributed by atoms with Crippen LogP contribution < -0.4 is 5.73 Å². The number of hydrogen-bond donors (Lipinski definition) is 1. The Kier molecular flexibility index (Phi) is 5.90. The first-order valence-electron chi connectivity index (χ1n) is 7.19. The Bertz CT molecular complexity index is 220. The first-order valence-corrected chi connectivity index (χ1v) is 7.19. The van der Waals surface area contributed by atoms with Crippen molar-refractivity contribution in [1.29, 1.82) is 0 Å². The molecule has 1 aliphatic heterocycles. The molecule has 1 fully saturated rings. The summed E-state index contributed by atoms with van der Waals surface area (Å²) in [6.45, 7) is 11.2. The van der Waals surface area contributed by atoms with E-state index in [9.17, 15) is 0 Å². The normalized spacial score (nSPS) is 27.0. The summed E-state index contributed by atoms with van der Waals surface area (Å²) < 4.78 is 0. The van der Waals surface area contributed by atoms with Gasteiger partial charge in [-0.15, -0.1) is 0 Å².